The van der Waals surface area contributed by atoms with Crippen LogP contribution in [0, 0.1) is 5.92 Å². The van der Waals surface area contributed by atoms with Crippen LogP contribution in [0.5, 0.6) is 0 Å². The quantitative estimate of drug-likeness (QED) is 0.470. The van der Waals surface area contributed by atoms with Crippen LogP contribution in [0.25, 0.3) is 0 Å². The van der Waals surface area contributed by atoms with E-state index in [1.165, 1.54) is 17.0 Å². The van der Waals surface area contributed by atoms with Gasteiger partial charge in [-0.15, -0.1) is 0 Å². The minimum atomic E-state index is -3.86. The van der Waals surface area contributed by atoms with Crippen LogP contribution < -0.4 is 9.62 Å². The Bertz CT molecular complexity index is 1140. The van der Waals surface area contributed by atoms with E-state index in [-0.39, 0.29) is 29.1 Å². The van der Waals surface area contributed by atoms with Crippen LogP contribution in [-0.4, -0.2) is 50.5 Å². The largest absolute Gasteiger partial charge is 0.354 e. The highest BCUT2D eigenvalue weighted by Gasteiger charge is 2.30. The first-order chi connectivity index (χ1) is 15.8. The number of sulfonamides is 1. The van der Waals surface area contributed by atoms with Crippen molar-refractivity contribution in [2.24, 2.45) is 5.92 Å². The van der Waals surface area contributed by atoms with Gasteiger partial charge in [0.05, 0.1) is 27.0 Å². The SMILES string of the molecule is CC(C)CNC(=O)C(C)N(Cc1ccc(Cl)c(Cl)c1)C(=O)CN(c1ccccc1Cl)S(C)(=O)=O. The molecule has 2 rings (SSSR count). The predicted molar refractivity (Wildman–Crippen MR) is 138 cm³/mol. The zero-order valence-electron chi connectivity index (χ0n) is 19.4. The predicted octanol–water partition coefficient (Wildman–Crippen LogP) is 4.60. The number of carbonyl (C=O) groups excluding carboxylic acids is 2. The summed E-state index contributed by atoms with van der Waals surface area (Å²) in [6, 6.07) is 10.3. The first-order valence-corrected chi connectivity index (χ1v) is 13.5. The Labute approximate surface area is 216 Å². The fraction of sp³-hybridized carbons (Fsp3) is 0.391. The fourth-order valence-electron chi connectivity index (χ4n) is 3.12. The molecule has 2 aromatic carbocycles. The molecular weight excluding hydrogens is 521 g/mol. The van der Waals surface area contributed by atoms with Gasteiger partial charge in [-0.05, 0) is 42.7 Å². The molecular formula is C23H28Cl3N3O4S. The monoisotopic (exact) mass is 547 g/mol. The van der Waals surface area contributed by atoms with Gasteiger partial charge in [0.2, 0.25) is 21.8 Å². The Morgan fingerprint density at radius 2 is 1.62 bits per heavy atom. The lowest BCUT2D eigenvalue weighted by molar-refractivity contribution is -0.139. The van der Waals surface area contributed by atoms with Gasteiger partial charge in [-0.25, -0.2) is 8.42 Å². The maximum absolute atomic E-state index is 13.5. The molecule has 0 fully saturated rings. The molecule has 1 atom stereocenters. The van der Waals surface area contributed by atoms with Crippen LogP contribution in [0.1, 0.15) is 26.3 Å². The summed E-state index contributed by atoms with van der Waals surface area (Å²) in [6.07, 6.45) is 0.992. The van der Waals surface area contributed by atoms with Crippen molar-refractivity contribution in [3.63, 3.8) is 0 Å². The third-order valence-electron chi connectivity index (χ3n) is 4.99. The van der Waals surface area contributed by atoms with E-state index in [9.17, 15) is 18.0 Å². The van der Waals surface area contributed by atoms with Crippen molar-refractivity contribution < 1.29 is 18.0 Å². The third-order valence-corrected chi connectivity index (χ3v) is 7.17. The van der Waals surface area contributed by atoms with E-state index < -0.39 is 28.5 Å². The van der Waals surface area contributed by atoms with Gasteiger partial charge in [0.1, 0.15) is 12.6 Å². The van der Waals surface area contributed by atoms with Gasteiger partial charge in [0, 0.05) is 13.1 Å². The molecule has 34 heavy (non-hydrogen) atoms. The van der Waals surface area contributed by atoms with Crippen molar-refractivity contribution in [2.75, 3.05) is 23.7 Å². The van der Waals surface area contributed by atoms with Crippen LogP contribution in [0.3, 0.4) is 0 Å². The molecule has 0 aliphatic rings. The average molecular weight is 549 g/mol. The maximum Gasteiger partial charge on any atom is 0.244 e. The highest BCUT2D eigenvalue weighted by atomic mass is 35.5. The second kappa shape index (κ2) is 12.1. The van der Waals surface area contributed by atoms with E-state index in [4.69, 9.17) is 34.8 Å². The zero-order chi connectivity index (χ0) is 25.6. The summed E-state index contributed by atoms with van der Waals surface area (Å²) >= 11 is 18.3. The number of rotatable bonds is 10. The molecule has 0 bridgehead atoms. The number of nitrogens with one attached hydrogen (secondary N) is 1. The van der Waals surface area contributed by atoms with Crippen LogP contribution in [-0.2, 0) is 26.2 Å². The second-order valence-corrected chi connectivity index (χ2v) is 11.4. The van der Waals surface area contributed by atoms with E-state index in [2.05, 4.69) is 5.32 Å². The summed E-state index contributed by atoms with van der Waals surface area (Å²) in [7, 11) is -3.86. The fourth-order valence-corrected chi connectivity index (χ4v) is 4.59. The summed E-state index contributed by atoms with van der Waals surface area (Å²) in [4.78, 5) is 27.6. The van der Waals surface area contributed by atoms with Gasteiger partial charge < -0.3 is 10.2 Å². The molecule has 0 aliphatic heterocycles. The van der Waals surface area contributed by atoms with Crippen molar-refractivity contribution in [2.45, 2.75) is 33.4 Å². The number of halogens is 3. The van der Waals surface area contributed by atoms with Gasteiger partial charge in [-0.2, -0.15) is 0 Å². The number of carbonyl (C=O) groups is 2. The van der Waals surface area contributed by atoms with Crippen molar-refractivity contribution >= 4 is 62.3 Å². The first-order valence-electron chi connectivity index (χ1n) is 10.5. The molecule has 0 saturated heterocycles. The standard InChI is InChI=1S/C23H28Cl3N3O4S/c1-15(2)12-27-23(31)16(3)28(13-17-9-10-18(24)20(26)11-17)22(30)14-29(34(4,32)33)21-8-6-5-7-19(21)25/h5-11,15-16H,12-14H2,1-4H3,(H,27,31). The zero-order valence-corrected chi connectivity index (χ0v) is 22.5. The van der Waals surface area contributed by atoms with Gasteiger partial charge in [-0.1, -0.05) is 66.8 Å². The summed E-state index contributed by atoms with van der Waals surface area (Å²) in [5, 5.41) is 3.65. The van der Waals surface area contributed by atoms with Gasteiger partial charge >= 0.3 is 0 Å². The third kappa shape index (κ3) is 7.77. The van der Waals surface area contributed by atoms with Gasteiger partial charge in [0.25, 0.3) is 0 Å². The molecule has 0 aliphatic carbocycles. The molecule has 2 amide bonds. The molecule has 0 heterocycles. The van der Waals surface area contributed by atoms with Crippen molar-refractivity contribution in [3.05, 3.63) is 63.1 Å². The Morgan fingerprint density at radius 3 is 2.18 bits per heavy atom. The molecule has 1 N–H and O–H groups in total. The van der Waals surface area contributed by atoms with Crippen LogP contribution in [0.2, 0.25) is 15.1 Å². The Kier molecular flexibility index (Phi) is 10.1. The Balaban J connectivity index is 2.40. The van der Waals surface area contributed by atoms with Crippen molar-refractivity contribution in [1.82, 2.24) is 10.2 Å². The van der Waals surface area contributed by atoms with Crippen LogP contribution >= 0.6 is 34.8 Å². The smallest absolute Gasteiger partial charge is 0.244 e. The maximum atomic E-state index is 13.5. The van der Waals surface area contributed by atoms with E-state index in [1.807, 2.05) is 13.8 Å². The van der Waals surface area contributed by atoms with Gasteiger partial charge in [0.15, 0.2) is 0 Å². The lowest BCUT2D eigenvalue weighted by Crippen LogP contribution is -2.51. The Hall–Kier alpha value is -2.00. The lowest BCUT2D eigenvalue weighted by Gasteiger charge is -2.32. The molecule has 1 unspecified atom stereocenters. The normalized spacial score (nSPS) is 12.4. The molecule has 2 aromatic rings. The van der Waals surface area contributed by atoms with E-state index >= 15 is 0 Å². The average Bonchev–Trinajstić information content (AvgIpc) is 2.75. The Morgan fingerprint density at radius 1 is 0.971 bits per heavy atom. The summed E-state index contributed by atoms with van der Waals surface area (Å²) in [5.74, 6) is -0.717. The lowest BCUT2D eigenvalue weighted by atomic mass is 10.1. The molecule has 0 radical (unpaired) electrons. The number of hydrogen-bond acceptors (Lipinski definition) is 4. The highest BCUT2D eigenvalue weighted by molar-refractivity contribution is 7.92. The number of anilines is 1. The number of amides is 2. The molecule has 0 saturated carbocycles. The number of nitrogens with zero attached hydrogens (tertiary/aromatic N) is 2. The minimum Gasteiger partial charge on any atom is -0.354 e. The topological polar surface area (TPSA) is 86.8 Å². The van der Waals surface area contributed by atoms with Crippen LogP contribution in [0.15, 0.2) is 42.5 Å². The molecule has 7 nitrogen and oxygen atoms in total. The molecule has 0 spiro atoms. The number of benzene rings is 2. The summed E-state index contributed by atoms with van der Waals surface area (Å²) in [6.45, 7) is 5.42. The molecule has 186 valence electrons. The highest BCUT2D eigenvalue weighted by Crippen LogP contribution is 2.28. The molecule has 11 heteroatoms. The van der Waals surface area contributed by atoms with Crippen molar-refractivity contribution in [3.8, 4) is 0 Å². The van der Waals surface area contributed by atoms with Crippen molar-refractivity contribution in [1.29, 1.82) is 0 Å². The van der Waals surface area contributed by atoms with E-state index in [0.29, 0.717) is 22.2 Å². The van der Waals surface area contributed by atoms with Gasteiger partial charge in [-0.3, -0.25) is 13.9 Å². The summed E-state index contributed by atoms with van der Waals surface area (Å²) in [5.41, 5.74) is 0.807. The number of hydrogen-bond donors (Lipinski definition) is 1. The first kappa shape index (κ1) is 28.2. The second-order valence-electron chi connectivity index (χ2n) is 8.31. The summed E-state index contributed by atoms with van der Waals surface area (Å²) < 4.78 is 26.0. The number of para-hydroxylation sites is 1. The van der Waals surface area contributed by atoms with E-state index in [1.54, 1.807) is 37.3 Å². The minimum absolute atomic E-state index is 0.0200. The molecule has 0 aromatic heterocycles. The van der Waals surface area contributed by atoms with Crippen LogP contribution in [0.4, 0.5) is 5.69 Å². The van der Waals surface area contributed by atoms with E-state index in [0.717, 1.165) is 10.6 Å².